The number of hydrogen-bond acceptors (Lipinski definition) is 3. The Morgan fingerprint density at radius 2 is 1.63 bits per heavy atom. The summed E-state index contributed by atoms with van der Waals surface area (Å²) in [6.07, 6.45) is 4.04. The number of halogens is 1. The second-order valence-corrected chi connectivity index (χ2v) is 9.05. The van der Waals surface area contributed by atoms with Crippen LogP contribution in [-0.2, 0) is 10.5 Å². The van der Waals surface area contributed by atoms with Crippen LogP contribution in [0.15, 0.2) is 91.0 Å². The van der Waals surface area contributed by atoms with Gasteiger partial charge in [-0.15, -0.1) is 11.8 Å². The Labute approximate surface area is 186 Å². The molecule has 5 heteroatoms. The molecule has 4 rings (SSSR count). The van der Waals surface area contributed by atoms with Crippen molar-refractivity contribution >= 4 is 41.0 Å². The van der Waals surface area contributed by atoms with Crippen LogP contribution in [0.3, 0.4) is 0 Å². The number of amides is 1. The molecule has 1 aliphatic rings. The van der Waals surface area contributed by atoms with Gasteiger partial charge < -0.3 is 4.74 Å². The van der Waals surface area contributed by atoms with Crippen LogP contribution < -0.4 is 9.64 Å². The number of ether oxygens (including phenoxy) is 1. The van der Waals surface area contributed by atoms with Gasteiger partial charge in [-0.1, -0.05) is 84.4 Å². The molecule has 3 nitrogen and oxygen atoms in total. The molecule has 3 aromatic carbocycles. The molecular weight excluding hydrogens is 414 g/mol. The van der Waals surface area contributed by atoms with Crippen molar-refractivity contribution < 1.29 is 9.53 Å². The van der Waals surface area contributed by atoms with Gasteiger partial charge in [-0.3, -0.25) is 9.69 Å². The minimum absolute atomic E-state index is 0.0991. The van der Waals surface area contributed by atoms with Gasteiger partial charge in [0.1, 0.15) is 5.75 Å². The first-order valence-electron chi connectivity index (χ1n) is 9.69. The van der Waals surface area contributed by atoms with Crippen molar-refractivity contribution in [2.45, 2.75) is 16.0 Å². The van der Waals surface area contributed by atoms with E-state index in [9.17, 15) is 4.79 Å². The molecule has 1 heterocycles. The molecule has 30 heavy (non-hydrogen) atoms. The number of thioether (sulfide) groups is 1. The van der Waals surface area contributed by atoms with E-state index >= 15 is 0 Å². The number of β-lactam (4-membered cyclic amide) rings is 1. The summed E-state index contributed by atoms with van der Waals surface area (Å²) in [5, 5.41) is 0. The van der Waals surface area contributed by atoms with Crippen molar-refractivity contribution in [3.05, 3.63) is 102 Å². The maximum absolute atomic E-state index is 13.2. The third-order valence-corrected chi connectivity index (χ3v) is 7.11. The number of carbonyl (C=O) groups is 1. The minimum atomic E-state index is -1.04. The topological polar surface area (TPSA) is 29.5 Å². The molecule has 0 N–H and O–H groups in total. The standard InChI is InChI=1S/C25H22ClNO2S/c1-29-22-15-13-21(14-16-22)27-23(17-12-19-8-4-2-5-9-19)25(26,24(27)28)30-18-20-10-6-3-7-11-20/h2-17,23H,18H2,1H3/b17-12+/t23-,25+/m1/s1. The summed E-state index contributed by atoms with van der Waals surface area (Å²) >= 11 is 8.41. The van der Waals surface area contributed by atoms with Crippen molar-refractivity contribution in [3.63, 3.8) is 0 Å². The normalized spacial score (nSPS) is 20.9. The predicted octanol–water partition coefficient (Wildman–Crippen LogP) is 5.99. The molecule has 1 aliphatic heterocycles. The lowest BCUT2D eigenvalue weighted by Gasteiger charge is -2.51. The van der Waals surface area contributed by atoms with Crippen LogP contribution in [0, 0.1) is 0 Å². The fraction of sp³-hybridized carbons (Fsp3) is 0.160. The number of anilines is 1. The van der Waals surface area contributed by atoms with Crippen LogP contribution in [0.25, 0.3) is 6.08 Å². The molecule has 0 unspecified atom stereocenters. The van der Waals surface area contributed by atoms with E-state index in [4.69, 9.17) is 16.3 Å². The van der Waals surface area contributed by atoms with E-state index in [0.717, 1.165) is 22.6 Å². The van der Waals surface area contributed by atoms with Gasteiger partial charge in [0.2, 0.25) is 0 Å². The van der Waals surface area contributed by atoms with Crippen LogP contribution in [0.5, 0.6) is 5.75 Å². The van der Waals surface area contributed by atoms with Crippen LogP contribution in [0.4, 0.5) is 5.69 Å². The highest BCUT2D eigenvalue weighted by molar-refractivity contribution is 8.02. The Kier molecular flexibility index (Phi) is 6.16. The van der Waals surface area contributed by atoms with Gasteiger partial charge in [-0.25, -0.2) is 0 Å². The molecular formula is C25H22ClNO2S. The van der Waals surface area contributed by atoms with E-state index in [1.54, 1.807) is 12.0 Å². The monoisotopic (exact) mass is 435 g/mol. The summed E-state index contributed by atoms with van der Waals surface area (Å²) in [6.45, 7) is 0. The third-order valence-electron chi connectivity index (χ3n) is 5.08. The lowest BCUT2D eigenvalue weighted by molar-refractivity contribution is -0.124. The maximum atomic E-state index is 13.2. The predicted molar refractivity (Wildman–Crippen MR) is 126 cm³/mol. The molecule has 0 bridgehead atoms. The first kappa shape index (κ1) is 20.6. The number of nitrogens with zero attached hydrogens (tertiary/aromatic N) is 1. The van der Waals surface area contributed by atoms with Gasteiger partial charge in [-0.05, 0) is 35.4 Å². The Bertz CT molecular complexity index is 1020. The molecule has 0 radical (unpaired) electrons. The van der Waals surface area contributed by atoms with Crippen LogP contribution >= 0.6 is 23.4 Å². The van der Waals surface area contributed by atoms with Gasteiger partial charge in [0, 0.05) is 11.4 Å². The van der Waals surface area contributed by atoms with Crippen LogP contribution in [0.2, 0.25) is 0 Å². The molecule has 2 atom stereocenters. The molecule has 152 valence electrons. The summed E-state index contributed by atoms with van der Waals surface area (Å²) in [6, 6.07) is 27.3. The van der Waals surface area contributed by atoms with Crippen molar-refractivity contribution in [2.24, 2.45) is 0 Å². The number of rotatable bonds is 7. The average Bonchev–Trinajstić information content (AvgIpc) is 2.81. The van der Waals surface area contributed by atoms with Crippen LogP contribution in [0.1, 0.15) is 11.1 Å². The molecule has 1 fully saturated rings. The van der Waals surface area contributed by atoms with Crippen molar-refractivity contribution in [2.75, 3.05) is 12.0 Å². The molecule has 3 aromatic rings. The van der Waals surface area contributed by atoms with E-state index in [1.165, 1.54) is 11.8 Å². The Morgan fingerprint density at radius 3 is 2.27 bits per heavy atom. The summed E-state index contributed by atoms with van der Waals surface area (Å²) in [4.78, 5) is 14.9. The zero-order valence-corrected chi connectivity index (χ0v) is 18.1. The maximum Gasteiger partial charge on any atom is 0.261 e. The highest BCUT2D eigenvalue weighted by atomic mass is 35.5. The average molecular weight is 436 g/mol. The first-order valence-corrected chi connectivity index (χ1v) is 11.1. The summed E-state index contributed by atoms with van der Waals surface area (Å²) in [5.41, 5.74) is 3.02. The second kappa shape index (κ2) is 8.99. The highest BCUT2D eigenvalue weighted by Gasteiger charge is 2.59. The first-order chi connectivity index (χ1) is 14.6. The molecule has 0 aromatic heterocycles. The van der Waals surface area contributed by atoms with Crippen molar-refractivity contribution in [1.82, 2.24) is 0 Å². The number of hydrogen-bond donors (Lipinski definition) is 0. The van der Waals surface area contributed by atoms with Gasteiger partial charge in [0.25, 0.3) is 5.91 Å². The molecule has 0 aliphatic carbocycles. The highest BCUT2D eigenvalue weighted by Crippen LogP contribution is 2.50. The third kappa shape index (κ3) is 4.11. The van der Waals surface area contributed by atoms with E-state index in [1.807, 2.05) is 97.1 Å². The summed E-state index contributed by atoms with van der Waals surface area (Å²) < 4.78 is 4.20. The Balaban J connectivity index is 1.61. The molecule has 1 saturated heterocycles. The SMILES string of the molecule is COc1ccc(N2C(=O)[C@@](Cl)(SCc3ccccc3)[C@H]2/C=C/c2ccccc2)cc1. The fourth-order valence-electron chi connectivity index (χ4n) is 3.42. The smallest absolute Gasteiger partial charge is 0.261 e. The molecule has 0 spiro atoms. The lowest BCUT2D eigenvalue weighted by atomic mass is 9.97. The van der Waals surface area contributed by atoms with Gasteiger partial charge in [-0.2, -0.15) is 0 Å². The molecule has 1 amide bonds. The molecule has 0 saturated carbocycles. The van der Waals surface area contributed by atoms with Gasteiger partial charge >= 0.3 is 0 Å². The number of alkyl halides is 1. The van der Waals surface area contributed by atoms with E-state index in [0.29, 0.717) is 5.75 Å². The summed E-state index contributed by atoms with van der Waals surface area (Å²) in [5.74, 6) is 1.32. The van der Waals surface area contributed by atoms with E-state index in [-0.39, 0.29) is 11.9 Å². The van der Waals surface area contributed by atoms with E-state index in [2.05, 4.69) is 0 Å². The quantitative estimate of drug-likeness (QED) is 0.337. The minimum Gasteiger partial charge on any atom is -0.497 e. The lowest BCUT2D eigenvalue weighted by Crippen LogP contribution is -2.69. The van der Waals surface area contributed by atoms with Gasteiger partial charge in [0.05, 0.1) is 13.2 Å². The number of carbonyl (C=O) groups excluding carboxylic acids is 1. The van der Waals surface area contributed by atoms with Crippen molar-refractivity contribution in [1.29, 1.82) is 0 Å². The Morgan fingerprint density at radius 1 is 1.00 bits per heavy atom. The van der Waals surface area contributed by atoms with E-state index < -0.39 is 4.21 Å². The number of benzene rings is 3. The Hall–Kier alpha value is -2.69. The zero-order chi connectivity index (χ0) is 21.0. The summed E-state index contributed by atoms with van der Waals surface area (Å²) in [7, 11) is 1.62. The van der Waals surface area contributed by atoms with Crippen molar-refractivity contribution in [3.8, 4) is 5.75 Å². The largest absolute Gasteiger partial charge is 0.497 e. The number of methoxy groups -OCH3 is 1. The fourth-order valence-corrected chi connectivity index (χ4v) is 4.99. The van der Waals surface area contributed by atoms with Gasteiger partial charge in [0.15, 0.2) is 4.21 Å². The second-order valence-electron chi connectivity index (χ2n) is 7.01. The zero-order valence-electron chi connectivity index (χ0n) is 16.6. The van der Waals surface area contributed by atoms with Crippen LogP contribution in [-0.4, -0.2) is 23.3 Å².